The molecule has 0 aliphatic carbocycles. The molecule has 0 spiro atoms. The van der Waals surface area contributed by atoms with E-state index in [0.29, 0.717) is 18.7 Å². The molecule has 5 N–H and O–H groups in total. The number of hydrogen-bond acceptors (Lipinski definition) is 7. The van der Waals surface area contributed by atoms with Crippen molar-refractivity contribution in [2.45, 2.75) is 70.5 Å². The first-order chi connectivity index (χ1) is 35.7. The Hall–Kier alpha value is -8.41. The maximum Gasteiger partial charge on any atom is 0.309 e. The maximum absolute atomic E-state index is 14.1. The first-order valence-corrected chi connectivity index (χ1v) is 25.3. The molecule has 0 saturated carbocycles. The van der Waals surface area contributed by atoms with Gasteiger partial charge in [0.2, 0.25) is 0 Å². The van der Waals surface area contributed by atoms with Gasteiger partial charge in [-0.05, 0) is 127 Å². The smallest absolute Gasteiger partial charge is 0.309 e. The molecular formula is C63H65N6O5+. The minimum absolute atomic E-state index is 0.0126. The number of quaternary nitrogens is 1. The van der Waals surface area contributed by atoms with Crippen LogP contribution in [0.4, 0.5) is 34.1 Å². The minimum atomic E-state index is -0.864. The lowest BCUT2D eigenvalue weighted by Crippen LogP contribution is -3.10. The van der Waals surface area contributed by atoms with Crippen LogP contribution in [0.15, 0.2) is 200 Å². The molecule has 11 heteroatoms. The summed E-state index contributed by atoms with van der Waals surface area (Å²) in [6, 6.07) is 59.3. The van der Waals surface area contributed by atoms with Crippen LogP contribution in [0.1, 0.15) is 73.1 Å². The van der Waals surface area contributed by atoms with Gasteiger partial charge in [0.15, 0.2) is 0 Å². The Morgan fingerprint density at radius 1 is 0.635 bits per heavy atom. The minimum Gasteiger partial charge on any atom is -0.481 e. The summed E-state index contributed by atoms with van der Waals surface area (Å²) < 4.78 is 0. The SMILES string of the molecule is CN(C(=O)c1ccc(NNc2ccc(N(Cc3ccccc3)Cc3ccccc3)cc2)cc1)c1ccc2c(c1)C(C)(C)C(/C=C/C=C1/N(CCC(=O)O)c3ccc(-c4ccccc4)cc3C1(C)C)[NH+]2CCC(=O)O. The van der Waals surface area contributed by atoms with E-state index in [1.165, 1.54) is 11.1 Å². The molecule has 7 aromatic carbocycles. The fourth-order valence-electron chi connectivity index (χ4n) is 10.7. The molecule has 0 saturated heterocycles. The fraction of sp³-hybridized carbons (Fsp3) is 0.222. The lowest BCUT2D eigenvalue weighted by Gasteiger charge is -2.28. The second-order valence-electron chi connectivity index (χ2n) is 20.4. The van der Waals surface area contributed by atoms with E-state index in [0.717, 1.165) is 80.1 Å². The number of hydrogen-bond donors (Lipinski definition) is 5. The molecule has 2 aliphatic rings. The van der Waals surface area contributed by atoms with Crippen LogP contribution in [-0.2, 0) is 33.5 Å². The van der Waals surface area contributed by atoms with Gasteiger partial charge in [-0.3, -0.25) is 19.3 Å². The molecule has 0 fully saturated rings. The van der Waals surface area contributed by atoms with Crippen LogP contribution >= 0.6 is 0 Å². The molecule has 7 aromatic rings. The largest absolute Gasteiger partial charge is 0.481 e. The Labute approximate surface area is 434 Å². The lowest BCUT2D eigenvalue weighted by atomic mass is 9.79. The summed E-state index contributed by atoms with van der Waals surface area (Å²) in [5.74, 6) is -1.88. The lowest BCUT2D eigenvalue weighted by molar-refractivity contribution is -0.849. The molecule has 11 nitrogen and oxygen atoms in total. The highest BCUT2D eigenvalue weighted by Crippen LogP contribution is 2.49. The van der Waals surface area contributed by atoms with Gasteiger partial charge in [0.1, 0.15) is 11.7 Å². The molecule has 2 unspecified atom stereocenters. The standard InChI is InChI=1S/C63H64N6O5/c1-62(2)53-40-48(46-20-13-8-14-21-46)26-34-55(53)68(38-36-59(70)71)57(62)22-15-23-58-63(3,4)54-41-52(33-35-56(54)69(58)39-37-60(72)73)66(5)61(74)47-24-27-49(28-25-47)64-65-50-29-31-51(32-30-50)67(42-44-16-9-6-10-17-44)43-45-18-11-7-12-19-45/h6-35,40-41,58,64-65H,36-39,42-43H2,1-5H3,(H,70,71)(H,72,73)/p+1/b23-15+,57-22+. The number of aliphatic carboxylic acids is 2. The van der Waals surface area contributed by atoms with Gasteiger partial charge in [-0.1, -0.05) is 117 Å². The molecule has 0 aromatic heterocycles. The molecule has 0 bridgehead atoms. The zero-order chi connectivity index (χ0) is 52.0. The van der Waals surface area contributed by atoms with E-state index in [2.05, 4.69) is 176 Å². The number of rotatable bonds is 19. The number of amides is 1. The molecule has 2 atom stereocenters. The summed E-state index contributed by atoms with van der Waals surface area (Å²) in [4.78, 5) is 45.2. The van der Waals surface area contributed by atoms with E-state index in [-0.39, 0.29) is 24.8 Å². The summed E-state index contributed by atoms with van der Waals surface area (Å²) in [5.41, 5.74) is 19.6. The normalized spacial score (nSPS) is 16.7. The average Bonchev–Trinajstić information content (AvgIpc) is 3.77. The van der Waals surface area contributed by atoms with E-state index in [9.17, 15) is 24.6 Å². The van der Waals surface area contributed by atoms with E-state index >= 15 is 0 Å². The molecular weight excluding hydrogens is 921 g/mol. The van der Waals surface area contributed by atoms with Crippen LogP contribution in [0.3, 0.4) is 0 Å². The monoisotopic (exact) mass is 986 g/mol. The Bertz CT molecular complexity index is 3130. The van der Waals surface area contributed by atoms with Gasteiger partial charge in [-0.25, -0.2) is 0 Å². The zero-order valence-corrected chi connectivity index (χ0v) is 42.8. The predicted molar refractivity (Wildman–Crippen MR) is 298 cm³/mol. The number of fused-ring (bicyclic) bond motifs is 2. The van der Waals surface area contributed by atoms with Crippen LogP contribution in [0, 0.1) is 0 Å². The van der Waals surface area contributed by atoms with Crippen LogP contribution < -0.4 is 30.5 Å². The number of carbonyl (C=O) groups is 3. The molecule has 0 radical (unpaired) electrons. The summed E-state index contributed by atoms with van der Waals surface area (Å²) in [7, 11) is 1.78. The van der Waals surface area contributed by atoms with Crippen molar-refractivity contribution in [3.8, 4) is 11.1 Å². The van der Waals surface area contributed by atoms with Crippen molar-refractivity contribution in [2.24, 2.45) is 0 Å². The van der Waals surface area contributed by atoms with Crippen LogP contribution in [0.5, 0.6) is 0 Å². The van der Waals surface area contributed by atoms with Gasteiger partial charge in [0.05, 0.1) is 36.2 Å². The number of carboxylic acids is 2. The van der Waals surface area contributed by atoms with Gasteiger partial charge in [-0.15, -0.1) is 0 Å². The number of benzene rings is 7. The van der Waals surface area contributed by atoms with Crippen molar-refractivity contribution in [1.82, 2.24) is 0 Å². The van der Waals surface area contributed by atoms with Crippen molar-refractivity contribution >= 4 is 52.0 Å². The highest BCUT2D eigenvalue weighted by atomic mass is 16.4. The third-order valence-electron chi connectivity index (χ3n) is 14.8. The van der Waals surface area contributed by atoms with Crippen LogP contribution in [0.25, 0.3) is 11.1 Å². The highest BCUT2D eigenvalue weighted by Gasteiger charge is 2.48. The molecule has 2 aliphatic heterocycles. The average molecular weight is 986 g/mol. The van der Waals surface area contributed by atoms with Crippen molar-refractivity contribution < 1.29 is 29.5 Å². The molecule has 376 valence electrons. The van der Waals surface area contributed by atoms with E-state index < -0.39 is 22.8 Å². The summed E-state index contributed by atoms with van der Waals surface area (Å²) in [6.07, 6.45) is 6.29. The Kier molecular flexibility index (Phi) is 14.8. The third-order valence-corrected chi connectivity index (χ3v) is 14.8. The Morgan fingerprint density at radius 3 is 1.80 bits per heavy atom. The van der Waals surface area contributed by atoms with E-state index in [1.807, 2.05) is 66.7 Å². The zero-order valence-electron chi connectivity index (χ0n) is 42.8. The van der Waals surface area contributed by atoms with Crippen molar-refractivity contribution in [1.29, 1.82) is 0 Å². The highest BCUT2D eigenvalue weighted by molar-refractivity contribution is 6.06. The quantitative estimate of drug-likeness (QED) is 0.0503. The first kappa shape index (κ1) is 50.5. The van der Waals surface area contributed by atoms with Gasteiger partial charge in [-0.2, -0.15) is 0 Å². The topological polar surface area (TPSA) is 130 Å². The number of allylic oxidation sites excluding steroid dienone is 3. The Balaban J connectivity index is 0.890. The molecule has 9 rings (SSSR count). The fourth-order valence-corrected chi connectivity index (χ4v) is 10.7. The van der Waals surface area contributed by atoms with Gasteiger partial charge < -0.3 is 35.8 Å². The maximum atomic E-state index is 14.1. The van der Waals surface area contributed by atoms with Gasteiger partial charge in [0, 0.05) is 72.0 Å². The third kappa shape index (κ3) is 11.0. The second-order valence-corrected chi connectivity index (χ2v) is 20.4. The number of carboxylic acid groups (broad SMARTS) is 2. The van der Waals surface area contributed by atoms with E-state index in [4.69, 9.17) is 0 Å². The first-order valence-electron chi connectivity index (χ1n) is 25.3. The van der Waals surface area contributed by atoms with Crippen LogP contribution in [0.2, 0.25) is 0 Å². The molecule has 1 amide bonds. The number of nitrogens with zero attached hydrogens (tertiary/aromatic N) is 3. The van der Waals surface area contributed by atoms with Crippen molar-refractivity contribution in [2.75, 3.05) is 45.7 Å². The molecule has 2 heterocycles. The second kappa shape index (κ2) is 21.7. The number of carbonyl (C=O) groups excluding carboxylic acids is 1. The summed E-state index contributed by atoms with van der Waals surface area (Å²) >= 11 is 0. The molecule has 74 heavy (non-hydrogen) atoms. The van der Waals surface area contributed by atoms with Crippen molar-refractivity contribution in [3.05, 3.63) is 228 Å². The Morgan fingerprint density at radius 2 is 1.20 bits per heavy atom. The number of nitrogens with one attached hydrogen (secondary N) is 3. The van der Waals surface area contributed by atoms with Gasteiger partial charge in [0.25, 0.3) is 5.91 Å². The summed E-state index contributed by atoms with van der Waals surface area (Å²) in [6.45, 7) is 11.0. The summed E-state index contributed by atoms with van der Waals surface area (Å²) in [5, 5.41) is 19.6. The number of anilines is 5. The predicted octanol–water partition coefficient (Wildman–Crippen LogP) is 11.6. The van der Waals surface area contributed by atoms with Gasteiger partial charge >= 0.3 is 11.9 Å². The number of hydrazine groups is 1. The van der Waals surface area contributed by atoms with Crippen LogP contribution in [-0.4, -0.2) is 54.2 Å². The van der Waals surface area contributed by atoms with E-state index in [1.54, 1.807) is 11.9 Å². The van der Waals surface area contributed by atoms with Crippen molar-refractivity contribution in [3.63, 3.8) is 0 Å².